The predicted octanol–water partition coefficient (Wildman–Crippen LogP) is 2.97. The molecule has 0 spiro atoms. The molecule has 1 N–H and O–H groups in total. The van der Waals surface area contributed by atoms with E-state index in [1.807, 2.05) is 24.3 Å². The molecule has 2 nitrogen and oxygen atoms in total. The number of halogens is 1. The Kier molecular flexibility index (Phi) is 4.03. The van der Waals surface area contributed by atoms with Crippen LogP contribution < -0.4 is 10.1 Å². The zero-order chi connectivity index (χ0) is 10.5. The van der Waals surface area contributed by atoms with Crippen LogP contribution in [0.4, 0.5) is 0 Å². The minimum atomic E-state index is 0.780. The molecule has 0 atom stereocenters. The highest BCUT2D eigenvalue weighted by Gasteiger charge is 2.19. The van der Waals surface area contributed by atoms with Crippen LogP contribution in [-0.2, 0) is 0 Å². The molecule has 15 heavy (non-hydrogen) atoms. The van der Waals surface area contributed by atoms with Crippen LogP contribution in [0.2, 0.25) is 0 Å². The van der Waals surface area contributed by atoms with Crippen molar-refractivity contribution in [1.82, 2.24) is 5.32 Å². The van der Waals surface area contributed by atoms with Gasteiger partial charge < -0.3 is 10.1 Å². The second-order valence-corrected chi connectivity index (χ2v) is 4.72. The molecule has 0 radical (unpaired) electrons. The Balaban J connectivity index is 1.62. The van der Waals surface area contributed by atoms with Gasteiger partial charge in [-0.05, 0) is 53.9 Å². The number of benzene rings is 1. The molecule has 1 saturated carbocycles. The molecular weight excluding hydrogens is 254 g/mol. The van der Waals surface area contributed by atoms with E-state index in [-0.39, 0.29) is 0 Å². The van der Waals surface area contributed by atoms with Crippen molar-refractivity contribution in [3.05, 3.63) is 28.7 Å². The molecule has 0 bridgehead atoms. The van der Waals surface area contributed by atoms with Crippen LogP contribution >= 0.6 is 15.9 Å². The number of para-hydroxylation sites is 1. The van der Waals surface area contributed by atoms with Crippen LogP contribution in [0, 0.1) is 0 Å². The van der Waals surface area contributed by atoms with Crippen molar-refractivity contribution in [2.45, 2.75) is 25.3 Å². The maximum Gasteiger partial charge on any atom is 0.133 e. The van der Waals surface area contributed by atoms with E-state index < -0.39 is 0 Å². The molecule has 0 aromatic heterocycles. The number of ether oxygens (including phenoxy) is 1. The Labute approximate surface area is 99.1 Å². The summed E-state index contributed by atoms with van der Waals surface area (Å²) in [5, 5.41) is 3.47. The van der Waals surface area contributed by atoms with Crippen LogP contribution in [0.15, 0.2) is 28.7 Å². The number of rotatable bonds is 6. The first kappa shape index (κ1) is 11.0. The lowest BCUT2D eigenvalue weighted by Crippen LogP contribution is -2.19. The van der Waals surface area contributed by atoms with Crippen molar-refractivity contribution in [2.24, 2.45) is 0 Å². The summed E-state index contributed by atoms with van der Waals surface area (Å²) in [6.07, 6.45) is 3.77. The van der Waals surface area contributed by atoms with Crippen LogP contribution in [0.3, 0.4) is 0 Å². The third kappa shape index (κ3) is 3.84. The molecule has 0 amide bonds. The zero-order valence-corrected chi connectivity index (χ0v) is 10.3. The van der Waals surface area contributed by atoms with Gasteiger partial charge in [0.1, 0.15) is 5.75 Å². The van der Waals surface area contributed by atoms with Gasteiger partial charge >= 0.3 is 0 Å². The first-order chi connectivity index (χ1) is 7.36. The van der Waals surface area contributed by atoms with Crippen molar-refractivity contribution >= 4 is 15.9 Å². The Bertz CT molecular complexity index is 312. The molecule has 0 saturated heterocycles. The largest absolute Gasteiger partial charge is 0.492 e. The second-order valence-electron chi connectivity index (χ2n) is 3.86. The summed E-state index contributed by atoms with van der Waals surface area (Å²) in [5.41, 5.74) is 0. The fraction of sp³-hybridized carbons (Fsp3) is 0.500. The Morgan fingerprint density at radius 1 is 1.33 bits per heavy atom. The lowest BCUT2D eigenvalue weighted by Gasteiger charge is -2.07. The van der Waals surface area contributed by atoms with Crippen molar-refractivity contribution < 1.29 is 4.74 Å². The van der Waals surface area contributed by atoms with Gasteiger partial charge in [0.05, 0.1) is 11.1 Å². The van der Waals surface area contributed by atoms with E-state index in [9.17, 15) is 0 Å². The van der Waals surface area contributed by atoms with Gasteiger partial charge in [0.15, 0.2) is 0 Å². The van der Waals surface area contributed by atoms with E-state index in [2.05, 4.69) is 21.2 Å². The quantitative estimate of drug-likeness (QED) is 0.802. The highest BCUT2D eigenvalue weighted by molar-refractivity contribution is 9.10. The van der Waals surface area contributed by atoms with Gasteiger partial charge in [-0.1, -0.05) is 12.1 Å². The number of hydrogen-bond acceptors (Lipinski definition) is 2. The molecule has 1 aromatic rings. The summed E-state index contributed by atoms with van der Waals surface area (Å²) >= 11 is 3.46. The minimum Gasteiger partial charge on any atom is -0.492 e. The fourth-order valence-corrected chi connectivity index (χ4v) is 1.81. The Morgan fingerprint density at radius 2 is 2.13 bits per heavy atom. The molecule has 2 rings (SSSR count). The van der Waals surface area contributed by atoms with E-state index >= 15 is 0 Å². The number of nitrogens with one attached hydrogen (secondary N) is 1. The predicted molar refractivity (Wildman–Crippen MR) is 65.3 cm³/mol. The highest BCUT2D eigenvalue weighted by atomic mass is 79.9. The minimum absolute atomic E-state index is 0.780. The van der Waals surface area contributed by atoms with Gasteiger partial charge in [0.2, 0.25) is 0 Å². The van der Waals surface area contributed by atoms with E-state index in [0.29, 0.717) is 0 Å². The van der Waals surface area contributed by atoms with Crippen LogP contribution in [0.1, 0.15) is 19.3 Å². The van der Waals surface area contributed by atoms with Crippen molar-refractivity contribution in [2.75, 3.05) is 13.2 Å². The van der Waals surface area contributed by atoms with Crippen LogP contribution in [0.5, 0.6) is 5.75 Å². The van der Waals surface area contributed by atoms with E-state index in [0.717, 1.165) is 35.8 Å². The lowest BCUT2D eigenvalue weighted by atomic mass is 10.3. The smallest absolute Gasteiger partial charge is 0.133 e. The number of hydrogen-bond donors (Lipinski definition) is 1. The molecule has 0 aliphatic heterocycles. The second kappa shape index (κ2) is 5.52. The van der Waals surface area contributed by atoms with Gasteiger partial charge in [0.25, 0.3) is 0 Å². The van der Waals surface area contributed by atoms with E-state index in [1.165, 1.54) is 12.8 Å². The fourth-order valence-electron chi connectivity index (χ4n) is 1.41. The summed E-state index contributed by atoms with van der Waals surface area (Å²) in [5.74, 6) is 0.934. The van der Waals surface area contributed by atoms with Gasteiger partial charge in [0, 0.05) is 6.04 Å². The summed E-state index contributed by atoms with van der Waals surface area (Å²) in [7, 11) is 0. The summed E-state index contributed by atoms with van der Waals surface area (Å²) in [4.78, 5) is 0. The third-order valence-electron chi connectivity index (χ3n) is 2.43. The maximum atomic E-state index is 5.65. The molecule has 1 fully saturated rings. The average molecular weight is 270 g/mol. The molecule has 1 aliphatic rings. The Morgan fingerprint density at radius 3 is 2.87 bits per heavy atom. The topological polar surface area (TPSA) is 21.3 Å². The monoisotopic (exact) mass is 269 g/mol. The van der Waals surface area contributed by atoms with Crippen molar-refractivity contribution in [1.29, 1.82) is 0 Å². The normalized spacial score (nSPS) is 15.3. The third-order valence-corrected chi connectivity index (χ3v) is 3.08. The van der Waals surface area contributed by atoms with Crippen LogP contribution in [0.25, 0.3) is 0 Å². The van der Waals surface area contributed by atoms with Gasteiger partial charge in [-0.25, -0.2) is 0 Å². The molecule has 0 heterocycles. The SMILES string of the molecule is Brc1ccccc1OCCCNC1CC1. The molecule has 0 unspecified atom stereocenters. The maximum absolute atomic E-state index is 5.65. The van der Waals surface area contributed by atoms with Gasteiger partial charge in [-0.3, -0.25) is 0 Å². The van der Waals surface area contributed by atoms with Crippen molar-refractivity contribution in [3.8, 4) is 5.75 Å². The Hall–Kier alpha value is -0.540. The summed E-state index contributed by atoms with van der Waals surface area (Å²) in [6, 6.07) is 8.76. The van der Waals surface area contributed by atoms with E-state index in [1.54, 1.807) is 0 Å². The first-order valence-corrected chi connectivity index (χ1v) is 6.26. The van der Waals surface area contributed by atoms with Crippen molar-refractivity contribution in [3.63, 3.8) is 0 Å². The lowest BCUT2D eigenvalue weighted by molar-refractivity contribution is 0.306. The average Bonchev–Trinajstić information content (AvgIpc) is 3.04. The molecular formula is C12H16BrNO. The molecule has 3 heteroatoms. The summed E-state index contributed by atoms with van der Waals surface area (Å²) < 4.78 is 6.68. The zero-order valence-electron chi connectivity index (χ0n) is 8.71. The first-order valence-electron chi connectivity index (χ1n) is 5.47. The molecule has 1 aromatic carbocycles. The van der Waals surface area contributed by atoms with Gasteiger partial charge in [-0.15, -0.1) is 0 Å². The molecule has 1 aliphatic carbocycles. The van der Waals surface area contributed by atoms with E-state index in [4.69, 9.17) is 4.74 Å². The highest BCUT2D eigenvalue weighted by Crippen LogP contribution is 2.23. The van der Waals surface area contributed by atoms with Crippen LogP contribution in [-0.4, -0.2) is 19.2 Å². The summed E-state index contributed by atoms with van der Waals surface area (Å²) in [6.45, 7) is 1.84. The van der Waals surface area contributed by atoms with Gasteiger partial charge in [-0.2, -0.15) is 0 Å². The molecule has 82 valence electrons. The standard InChI is InChI=1S/C12H16BrNO/c13-11-4-1-2-5-12(11)15-9-3-8-14-10-6-7-10/h1-2,4-5,10,14H,3,6-9H2.